The van der Waals surface area contributed by atoms with Crippen LogP contribution in [-0.4, -0.2) is 9.97 Å². The van der Waals surface area contributed by atoms with E-state index in [1.165, 1.54) is 16.7 Å². The number of aryl methyl sites for hydroxylation is 3. The molecule has 0 aliphatic heterocycles. The molecule has 3 heteroatoms. The number of hydrogen-bond donors (Lipinski definition) is 0. The maximum atomic E-state index is 4.62. The van der Waals surface area contributed by atoms with Crippen molar-refractivity contribution < 1.29 is 0 Å². The summed E-state index contributed by atoms with van der Waals surface area (Å²) in [6.45, 7) is 6.27. The topological polar surface area (TPSA) is 25.8 Å². The molecule has 2 heterocycles. The number of aromatic nitrogens is 2. The van der Waals surface area contributed by atoms with Gasteiger partial charge in [-0.1, -0.05) is 18.2 Å². The van der Waals surface area contributed by atoms with E-state index in [1.54, 1.807) is 11.3 Å². The maximum Gasteiger partial charge on any atom is 0.0901 e. The highest BCUT2D eigenvalue weighted by Gasteiger charge is 2.08. The number of pyridine rings is 1. The van der Waals surface area contributed by atoms with Crippen LogP contribution < -0.4 is 0 Å². The molecule has 2 nitrogen and oxygen atoms in total. The molecule has 0 saturated carbocycles. The Kier molecular flexibility index (Phi) is 3.36. The third kappa shape index (κ3) is 2.37. The molecule has 3 aromatic rings. The van der Waals surface area contributed by atoms with Gasteiger partial charge in [0.1, 0.15) is 0 Å². The molecule has 0 aliphatic carbocycles. The molecule has 100 valence electrons. The van der Waals surface area contributed by atoms with Gasteiger partial charge in [0.15, 0.2) is 0 Å². The molecule has 2 aromatic heterocycles. The summed E-state index contributed by atoms with van der Waals surface area (Å²) < 4.78 is 0. The summed E-state index contributed by atoms with van der Waals surface area (Å²) >= 11 is 1.67. The molecule has 0 aliphatic rings. The Labute approximate surface area is 123 Å². The molecule has 20 heavy (non-hydrogen) atoms. The first-order valence-corrected chi connectivity index (χ1v) is 7.48. The van der Waals surface area contributed by atoms with Gasteiger partial charge in [-0.2, -0.15) is 0 Å². The lowest BCUT2D eigenvalue weighted by atomic mass is 9.99. The zero-order valence-corrected chi connectivity index (χ0v) is 12.7. The highest BCUT2D eigenvalue weighted by atomic mass is 32.1. The van der Waals surface area contributed by atoms with E-state index in [0.29, 0.717) is 0 Å². The van der Waals surface area contributed by atoms with Crippen molar-refractivity contribution in [3.05, 3.63) is 58.0 Å². The Morgan fingerprint density at radius 1 is 0.900 bits per heavy atom. The second kappa shape index (κ2) is 5.17. The molecule has 0 radical (unpaired) electrons. The third-order valence-corrected chi connectivity index (χ3v) is 4.19. The van der Waals surface area contributed by atoms with Gasteiger partial charge in [-0.3, -0.25) is 4.98 Å². The summed E-state index contributed by atoms with van der Waals surface area (Å²) in [6, 6.07) is 10.5. The zero-order chi connectivity index (χ0) is 14.1. The van der Waals surface area contributed by atoms with Gasteiger partial charge in [0.2, 0.25) is 0 Å². The average molecular weight is 280 g/mol. The van der Waals surface area contributed by atoms with E-state index < -0.39 is 0 Å². The predicted octanol–water partition coefficient (Wildman–Crippen LogP) is 4.80. The normalized spacial score (nSPS) is 10.8. The van der Waals surface area contributed by atoms with Crippen molar-refractivity contribution in [2.45, 2.75) is 20.8 Å². The van der Waals surface area contributed by atoms with Crippen molar-refractivity contribution in [2.75, 3.05) is 0 Å². The average Bonchev–Trinajstić information content (AvgIpc) is 2.86. The van der Waals surface area contributed by atoms with Crippen LogP contribution in [0.15, 0.2) is 41.9 Å². The van der Waals surface area contributed by atoms with E-state index in [9.17, 15) is 0 Å². The van der Waals surface area contributed by atoms with Crippen LogP contribution in [0.1, 0.15) is 16.1 Å². The molecule has 1 aromatic carbocycles. The number of nitrogens with zero attached hydrogens (tertiary/aromatic N) is 2. The summed E-state index contributed by atoms with van der Waals surface area (Å²) in [7, 11) is 0. The first kappa shape index (κ1) is 13.0. The highest BCUT2D eigenvalue weighted by Crippen LogP contribution is 2.27. The van der Waals surface area contributed by atoms with Crippen molar-refractivity contribution in [1.82, 2.24) is 9.97 Å². The van der Waals surface area contributed by atoms with Crippen LogP contribution in [0.5, 0.6) is 0 Å². The van der Waals surface area contributed by atoms with Crippen LogP contribution in [0.4, 0.5) is 0 Å². The smallest absolute Gasteiger partial charge is 0.0901 e. The van der Waals surface area contributed by atoms with Gasteiger partial charge in [-0.25, -0.2) is 4.98 Å². The predicted molar refractivity (Wildman–Crippen MR) is 85.0 cm³/mol. The van der Waals surface area contributed by atoms with E-state index in [-0.39, 0.29) is 0 Å². The van der Waals surface area contributed by atoms with E-state index in [0.717, 1.165) is 22.0 Å². The molecule has 0 saturated heterocycles. The van der Waals surface area contributed by atoms with Crippen LogP contribution in [0.2, 0.25) is 0 Å². The molecule has 0 unspecified atom stereocenters. The Morgan fingerprint density at radius 3 is 2.20 bits per heavy atom. The molecule has 0 spiro atoms. The van der Waals surface area contributed by atoms with Crippen LogP contribution in [0.3, 0.4) is 0 Å². The Balaban J connectivity index is 2.01. The van der Waals surface area contributed by atoms with Gasteiger partial charge in [0, 0.05) is 22.7 Å². The largest absolute Gasteiger partial charge is 0.256 e. The fourth-order valence-corrected chi connectivity index (χ4v) is 3.03. The monoisotopic (exact) mass is 280 g/mol. The van der Waals surface area contributed by atoms with E-state index in [1.807, 2.05) is 13.1 Å². The lowest BCUT2D eigenvalue weighted by Crippen LogP contribution is -1.91. The van der Waals surface area contributed by atoms with Crippen molar-refractivity contribution in [1.29, 1.82) is 0 Å². The van der Waals surface area contributed by atoms with Crippen LogP contribution >= 0.6 is 11.3 Å². The molecular weight excluding hydrogens is 264 g/mol. The second-order valence-corrected chi connectivity index (χ2v) is 6.01. The Hall–Kier alpha value is -2.00. The molecule has 0 N–H and O–H groups in total. The zero-order valence-electron chi connectivity index (χ0n) is 11.8. The lowest BCUT2D eigenvalue weighted by molar-refractivity contribution is 1.25. The molecule has 0 atom stereocenters. The van der Waals surface area contributed by atoms with E-state index in [4.69, 9.17) is 0 Å². The quantitative estimate of drug-likeness (QED) is 0.674. The summed E-state index contributed by atoms with van der Waals surface area (Å²) in [5, 5.41) is 3.16. The fourth-order valence-electron chi connectivity index (χ4n) is 2.41. The summed E-state index contributed by atoms with van der Waals surface area (Å²) in [5.41, 5.74) is 6.85. The van der Waals surface area contributed by atoms with E-state index in [2.05, 4.69) is 59.5 Å². The van der Waals surface area contributed by atoms with Gasteiger partial charge in [-0.15, -0.1) is 11.3 Å². The van der Waals surface area contributed by atoms with Crippen LogP contribution in [-0.2, 0) is 0 Å². The summed E-state index contributed by atoms with van der Waals surface area (Å²) in [5.74, 6) is 0. The van der Waals surface area contributed by atoms with Gasteiger partial charge in [-0.05, 0) is 44.0 Å². The van der Waals surface area contributed by atoms with Gasteiger partial charge in [0.25, 0.3) is 0 Å². The Bertz CT molecular complexity index is 722. The van der Waals surface area contributed by atoms with Gasteiger partial charge in [0.05, 0.1) is 16.4 Å². The number of hydrogen-bond acceptors (Lipinski definition) is 3. The van der Waals surface area contributed by atoms with Crippen molar-refractivity contribution >= 4 is 11.3 Å². The first-order chi connectivity index (χ1) is 9.65. The number of benzene rings is 1. The van der Waals surface area contributed by atoms with Gasteiger partial charge >= 0.3 is 0 Å². The minimum atomic E-state index is 1.01. The minimum Gasteiger partial charge on any atom is -0.256 e. The summed E-state index contributed by atoms with van der Waals surface area (Å²) in [6.07, 6.45) is 1.91. The van der Waals surface area contributed by atoms with Crippen LogP contribution in [0, 0.1) is 20.8 Å². The number of thiazole rings is 1. The van der Waals surface area contributed by atoms with Crippen molar-refractivity contribution in [3.63, 3.8) is 0 Å². The van der Waals surface area contributed by atoms with Crippen molar-refractivity contribution in [2.24, 2.45) is 0 Å². The minimum absolute atomic E-state index is 1.01. The van der Waals surface area contributed by atoms with Gasteiger partial charge < -0.3 is 0 Å². The second-order valence-electron chi connectivity index (χ2n) is 4.95. The molecular formula is C17H16N2S. The standard InChI is InChI=1S/C17H16N2S/c1-11-5-4-6-12(2)17(11)15-8-7-14(9-18-15)16-10-20-13(3)19-16/h4-10H,1-3H3. The first-order valence-electron chi connectivity index (χ1n) is 6.60. The van der Waals surface area contributed by atoms with Crippen molar-refractivity contribution in [3.8, 4) is 22.5 Å². The molecule has 0 bridgehead atoms. The third-order valence-electron chi connectivity index (χ3n) is 3.42. The highest BCUT2D eigenvalue weighted by molar-refractivity contribution is 7.09. The number of rotatable bonds is 2. The van der Waals surface area contributed by atoms with E-state index >= 15 is 0 Å². The van der Waals surface area contributed by atoms with Crippen LogP contribution in [0.25, 0.3) is 22.5 Å². The lowest BCUT2D eigenvalue weighted by Gasteiger charge is -2.09. The fraction of sp³-hybridized carbons (Fsp3) is 0.176. The SMILES string of the molecule is Cc1nc(-c2ccc(-c3c(C)cccc3C)nc2)cs1. The molecule has 3 rings (SSSR count). The summed E-state index contributed by atoms with van der Waals surface area (Å²) in [4.78, 5) is 9.12. The Morgan fingerprint density at radius 2 is 1.65 bits per heavy atom. The molecule has 0 fully saturated rings. The maximum absolute atomic E-state index is 4.62. The molecule has 0 amide bonds.